The highest BCUT2D eigenvalue weighted by molar-refractivity contribution is 6.01. The van der Waals surface area contributed by atoms with E-state index in [0.29, 0.717) is 30.8 Å². The quantitative estimate of drug-likeness (QED) is 0.739. The first-order chi connectivity index (χ1) is 12.8. The molecule has 5 nitrogen and oxygen atoms in total. The maximum atomic E-state index is 14.5. The number of halogens is 4. The van der Waals surface area contributed by atoms with Gasteiger partial charge in [0.1, 0.15) is 17.4 Å². The third-order valence-corrected chi connectivity index (χ3v) is 4.36. The molecule has 1 heterocycles. The van der Waals surface area contributed by atoms with Crippen LogP contribution in [0.3, 0.4) is 0 Å². The lowest BCUT2D eigenvalue weighted by atomic mass is 9.88. The van der Waals surface area contributed by atoms with Crippen molar-refractivity contribution >= 4 is 11.4 Å². The molecule has 1 atom stereocenters. The van der Waals surface area contributed by atoms with Crippen molar-refractivity contribution in [1.82, 2.24) is 5.01 Å². The number of hydrogen-bond donors (Lipinski definition) is 2. The summed E-state index contributed by atoms with van der Waals surface area (Å²) in [6.07, 6.45) is -0.402. The van der Waals surface area contributed by atoms with Crippen LogP contribution in [-0.2, 0) is 0 Å². The minimum Gasteiger partial charge on any atom is -0.483 e. The second-order valence-electron chi connectivity index (χ2n) is 6.28. The SMILES string of the molecule is NC1=NN(CCCO)C2CC(c3c(F)cccc3OCC(F)(F)F)=CC=C12. The number of amidine groups is 1. The minimum atomic E-state index is -4.52. The maximum Gasteiger partial charge on any atom is 0.422 e. The Balaban J connectivity index is 1.89. The molecule has 1 aliphatic carbocycles. The first-order valence-electron chi connectivity index (χ1n) is 8.41. The Morgan fingerprint density at radius 2 is 2.07 bits per heavy atom. The van der Waals surface area contributed by atoms with E-state index in [4.69, 9.17) is 15.6 Å². The van der Waals surface area contributed by atoms with Gasteiger partial charge in [-0.15, -0.1) is 0 Å². The average molecular weight is 385 g/mol. The largest absolute Gasteiger partial charge is 0.483 e. The van der Waals surface area contributed by atoms with E-state index in [0.717, 1.165) is 5.57 Å². The molecule has 3 N–H and O–H groups in total. The smallest absolute Gasteiger partial charge is 0.422 e. The second-order valence-corrected chi connectivity index (χ2v) is 6.28. The highest BCUT2D eigenvalue weighted by Crippen LogP contribution is 2.38. The lowest BCUT2D eigenvalue weighted by molar-refractivity contribution is -0.153. The van der Waals surface area contributed by atoms with E-state index < -0.39 is 18.6 Å². The van der Waals surface area contributed by atoms with E-state index in [1.807, 2.05) is 0 Å². The summed E-state index contributed by atoms with van der Waals surface area (Å²) in [5.41, 5.74) is 7.19. The van der Waals surface area contributed by atoms with Crippen LogP contribution in [0, 0.1) is 5.82 Å². The lowest BCUT2D eigenvalue weighted by Gasteiger charge is -2.28. The third kappa shape index (κ3) is 4.24. The first kappa shape index (κ1) is 19.2. The summed E-state index contributed by atoms with van der Waals surface area (Å²) in [6, 6.07) is 3.54. The number of benzene rings is 1. The molecule has 1 unspecified atom stereocenters. The van der Waals surface area contributed by atoms with E-state index in [-0.39, 0.29) is 24.0 Å². The van der Waals surface area contributed by atoms with Gasteiger partial charge in [-0.2, -0.15) is 18.3 Å². The summed E-state index contributed by atoms with van der Waals surface area (Å²) in [7, 11) is 0. The van der Waals surface area contributed by atoms with Gasteiger partial charge in [-0.3, -0.25) is 5.01 Å². The standard InChI is InChI=1S/C18H19F4N3O2/c19-13-3-1-4-15(27-10-18(20,21)22)16(13)11-5-6-12-14(9-11)25(7-2-8-26)24-17(12)23/h1,3-6,14,26H,2,7-10H2,(H2,23,24). The third-order valence-electron chi connectivity index (χ3n) is 4.36. The summed E-state index contributed by atoms with van der Waals surface area (Å²) in [6.45, 7) is -1.05. The molecule has 0 aromatic heterocycles. The number of ether oxygens (including phenoxy) is 1. The summed E-state index contributed by atoms with van der Waals surface area (Å²) in [5.74, 6) is -0.480. The van der Waals surface area contributed by atoms with Gasteiger partial charge in [0.05, 0.1) is 11.6 Å². The topological polar surface area (TPSA) is 71.1 Å². The molecule has 1 aliphatic heterocycles. The summed E-state index contributed by atoms with van der Waals surface area (Å²) in [4.78, 5) is 0. The molecule has 1 aromatic rings. The van der Waals surface area contributed by atoms with Gasteiger partial charge >= 0.3 is 6.18 Å². The molecule has 146 valence electrons. The predicted molar refractivity (Wildman–Crippen MR) is 92.4 cm³/mol. The van der Waals surface area contributed by atoms with Crippen LogP contribution >= 0.6 is 0 Å². The molecule has 0 amide bonds. The highest BCUT2D eigenvalue weighted by atomic mass is 19.4. The van der Waals surface area contributed by atoms with Crippen molar-refractivity contribution < 1.29 is 27.4 Å². The van der Waals surface area contributed by atoms with Gasteiger partial charge in [-0.05, 0) is 30.5 Å². The highest BCUT2D eigenvalue weighted by Gasteiger charge is 2.34. The van der Waals surface area contributed by atoms with Gasteiger partial charge < -0.3 is 15.6 Å². The molecular formula is C18H19F4N3O2. The fourth-order valence-electron chi connectivity index (χ4n) is 3.20. The fraction of sp³-hybridized carbons (Fsp3) is 0.389. The number of nitrogens with two attached hydrogens (primary N) is 1. The van der Waals surface area contributed by atoms with Gasteiger partial charge in [0.15, 0.2) is 6.61 Å². The van der Waals surface area contributed by atoms with Gasteiger partial charge in [-0.1, -0.05) is 18.2 Å². The number of aliphatic hydroxyl groups excluding tert-OH is 1. The van der Waals surface area contributed by atoms with Crippen molar-refractivity contribution in [2.75, 3.05) is 19.8 Å². The van der Waals surface area contributed by atoms with E-state index in [9.17, 15) is 17.6 Å². The minimum absolute atomic E-state index is 0.00429. The summed E-state index contributed by atoms with van der Waals surface area (Å²) in [5, 5.41) is 15.0. The van der Waals surface area contributed by atoms with Crippen LogP contribution in [0.5, 0.6) is 5.75 Å². The average Bonchev–Trinajstić information content (AvgIpc) is 2.93. The van der Waals surface area contributed by atoms with Gasteiger partial charge in [0, 0.05) is 18.7 Å². The van der Waals surface area contributed by atoms with E-state index in [1.165, 1.54) is 18.2 Å². The van der Waals surface area contributed by atoms with Crippen LogP contribution in [0.1, 0.15) is 18.4 Å². The van der Waals surface area contributed by atoms with Crippen molar-refractivity contribution in [3.05, 3.63) is 47.3 Å². The van der Waals surface area contributed by atoms with E-state index in [2.05, 4.69) is 5.10 Å². The number of hydrazone groups is 1. The number of hydrogen-bond acceptors (Lipinski definition) is 5. The van der Waals surface area contributed by atoms with E-state index >= 15 is 0 Å². The molecule has 0 saturated heterocycles. The van der Waals surface area contributed by atoms with Crippen LogP contribution in [0.15, 0.2) is 41.0 Å². The Morgan fingerprint density at radius 3 is 2.78 bits per heavy atom. The molecule has 9 heteroatoms. The van der Waals surface area contributed by atoms with Crippen LogP contribution in [0.2, 0.25) is 0 Å². The maximum absolute atomic E-state index is 14.5. The van der Waals surface area contributed by atoms with Crippen LogP contribution in [-0.4, -0.2) is 47.9 Å². The summed E-state index contributed by atoms with van der Waals surface area (Å²) >= 11 is 0. The van der Waals surface area contributed by atoms with Crippen molar-refractivity contribution in [3.63, 3.8) is 0 Å². The molecule has 0 spiro atoms. The Hall–Kier alpha value is -2.55. The number of aliphatic hydroxyl groups is 1. The number of allylic oxidation sites excluding steroid dienone is 2. The van der Waals surface area contributed by atoms with Crippen LogP contribution < -0.4 is 10.5 Å². The van der Waals surface area contributed by atoms with Crippen molar-refractivity contribution in [2.45, 2.75) is 25.1 Å². The molecule has 0 fully saturated rings. The number of rotatable bonds is 6. The zero-order valence-corrected chi connectivity index (χ0v) is 14.3. The van der Waals surface area contributed by atoms with E-state index in [1.54, 1.807) is 17.2 Å². The first-order valence-corrected chi connectivity index (χ1v) is 8.41. The molecule has 2 aliphatic rings. The van der Waals surface area contributed by atoms with Gasteiger partial charge in [-0.25, -0.2) is 4.39 Å². The van der Waals surface area contributed by atoms with Crippen LogP contribution in [0.4, 0.5) is 17.6 Å². The van der Waals surface area contributed by atoms with Crippen molar-refractivity contribution in [3.8, 4) is 5.75 Å². The number of fused-ring (bicyclic) bond motifs is 1. The lowest BCUT2D eigenvalue weighted by Crippen LogP contribution is -2.31. The number of nitrogens with zero attached hydrogens (tertiary/aromatic N) is 2. The normalized spacial score (nSPS) is 19.4. The predicted octanol–water partition coefficient (Wildman–Crippen LogP) is 2.82. The Morgan fingerprint density at radius 1 is 1.30 bits per heavy atom. The van der Waals surface area contributed by atoms with Crippen molar-refractivity contribution in [1.29, 1.82) is 0 Å². The summed E-state index contributed by atoms with van der Waals surface area (Å²) < 4.78 is 56.8. The Labute approximate surface area is 153 Å². The zero-order valence-electron chi connectivity index (χ0n) is 14.3. The molecule has 0 radical (unpaired) electrons. The Kier molecular flexibility index (Phi) is 5.41. The van der Waals surface area contributed by atoms with Gasteiger partial charge in [0.2, 0.25) is 0 Å². The van der Waals surface area contributed by atoms with Crippen LogP contribution in [0.25, 0.3) is 5.57 Å². The number of alkyl halides is 3. The molecule has 0 saturated carbocycles. The Bertz CT molecular complexity index is 802. The second kappa shape index (κ2) is 7.59. The molecule has 3 rings (SSSR count). The van der Waals surface area contributed by atoms with Gasteiger partial charge in [0.25, 0.3) is 0 Å². The monoisotopic (exact) mass is 385 g/mol. The molecule has 27 heavy (non-hydrogen) atoms. The van der Waals surface area contributed by atoms with Crippen molar-refractivity contribution in [2.24, 2.45) is 10.8 Å². The molecular weight excluding hydrogens is 366 g/mol. The fourth-order valence-corrected chi connectivity index (χ4v) is 3.20. The molecule has 1 aromatic carbocycles. The zero-order chi connectivity index (χ0) is 19.6. The molecule has 0 bridgehead atoms.